The lowest BCUT2D eigenvalue weighted by molar-refractivity contribution is 0.134. The van der Waals surface area contributed by atoms with Crippen LogP contribution in [0.3, 0.4) is 0 Å². The molecule has 1 nitrogen and oxygen atoms in total. The van der Waals surface area contributed by atoms with Gasteiger partial charge in [0.2, 0.25) is 0 Å². The molecule has 0 N–H and O–H groups in total. The zero-order chi connectivity index (χ0) is 11.6. The first-order valence-electron chi connectivity index (χ1n) is 5.94. The summed E-state index contributed by atoms with van der Waals surface area (Å²) in [4.78, 5) is 0. The summed E-state index contributed by atoms with van der Waals surface area (Å²) >= 11 is 5.82. The third-order valence-electron chi connectivity index (χ3n) is 2.46. The van der Waals surface area contributed by atoms with E-state index < -0.39 is 0 Å². The molecule has 0 atom stereocenters. The summed E-state index contributed by atoms with van der Waals surface area (Å²) in [5.41, 5.74) is 1.36. The van der Waals surface area contributed by atoms with E-state index in [1.807, 2.05) is 12.1 Å². The maximum Gasteiger partial charge on any atom is 0.0466 e. The molecule has 0 unspecified atom stereocenters. The van der Waals surface area contributed by atoms with Gasteiger partial charge in [-0.05, 0) is 43.4 Å². The normalized spacial score (nSPS) is 10.6. The van der Waals surface area contributed by atoms with E-state index in [0.717, 1.165) is 37.5 Å². The molecule has 0 fully saturated rings. The maximum atomic E-state index is 5.82. The molecule has 1 radical (unpaired) electrons. The van der Waals surface area contributed by atoms with Crippen molar-refractivity contribution >= 4 is 11.6 Å². The lowest BCUT2D eigenvalue weighted by Crippen LogP contribution is -1.96. The lowest BCUT2D eigenvalue weighted by Gasteiger charge is -2.03. The van der Waals surface area contributed by atoms with Crippen LogP contribution in [0.25, 0.3) is 0 Å². The van der Waals surface area contributed by atoms with Gasteiger partial charge in [-0.3, -0.25) is 0 Å². The lowest BCUT2D eigenvalue weighted by atomic mass is 10.1. The molecule has 0 bridgehead atoms. The highest BCUT2D eigenvalue weighted by Gasteiger charge is 1.94. The Morgan fingerprint density at radius 1 is 1.00 bits per heavy atom. The van der Waals surface area contributed by atoms with Crippen LogP contribution in [-0.2, 0) is 11.2 Å². The molecule has 0 aromatic heterocycles. The highest BCUT2D eigenvalue weighted by Crippen LogP contribution is 2.12. The second kappa shape index (κ2) is 8.60. The van der Waals surface area contributed by atoms with Crippen molar-refractivity contribution in [1.29, 1.82) is 0 Å². The zero-order valence-electron chi connectivity index (χ0n) is 9.75. The van der Waals surface area contributed by atoms with E-state index in [1.54, 1.807) is 0 Å². The smallest absolute Gasteiger partial charge is 0.0466 e. The summed E-state index contributed by atoms with van der Waals surface area (Å²) in [6.45, 7) is 5.39. The third kappa shape index (κ3) is 6.14. The first kappa shape index (κ1) is 13.5. The molecular weight excluding hydrogens is 220 g/mol. The summed E-state index contributed by atoms with van der Waals surface area (Å²) in [5.74, 6) is 0. The van der Waals surface area contributed by atoms with Crippen molar-refractivity contribution < 1.29 is 4.74 Å². The fourth-order valence-electron chi connectivity index (χ4n) is 1.57. The Kier molecular flexibility index (Phi) is 7.28. The van der Waals surface area contributed by atoms with Crippen LogP contribution in [-0.4, -0.2) is 13.2 Å². The Morgan fingerprint density at radius 3 is 2.44 bits per heavy atom. The number of rotatable bonds is 8. The molecule has 1 aromatic carbocycles. The standard InChI is InChI=1S/C14H20ClO/c1-2-11-16-12-5-3-4-6-13-7-9-14(15)10-8-13/h7-10H,1-6,11-12H2. The Morgan fingerprint density at radius 2 is 1.75 bits per heavy atom. The summed E-state index contributed by atoms with van der Waals surface area (Å²) in [6.07, 6.45) is 5.58. The molecule has 0 aliphatic carbocycles. The summed E-state index contributed by atoms with van der Waals surface area (Å²) in [7, 11) is 0. The van der Waals surface area contributed by atoms with Gasteiger partial charge < -0.3 is 4.74 Å². The number of hydrogen-bond donors (Lipinski definition) is 0. The molecule has 0 spiro atoms. The number of aryl methyl sites for hydroxylation is 1. The molecule has 2 heteroatoms. The number of benzene rings is 1. The maximum absolute atomic E-state index is 5.82. The van der Waals surface area contributed by atoms with E-state index in [9.17, 15) is 0 Å². The molecular formula is C14H20ClO. The first-order valence-corrected chi connectivity index (χ1v) is 6.32. The van der Waals surface area contributed by atoms with Crippen molar-refractivity contribution in [3.63, 3.8) is 0 Å². The molecule has 16 heavy (non-hydrogen) atoms. The Hall–Kier alpha value is -0.530. The zero-order valence-corrected chi connectivity index (χ0v) is 10.5. The highest BCUT2D eigenvalue weighted by atomic mass is 35.5. The van der Waals surface area contributed by atoms with E-state index in [-0.39, 0.29) is 0 Å². The average molecular weight is 240 g/mol. The van der Waals surface area contributed by atoms with Crippen molar-refractivity contribution in [1.82, 2.24) is 0 Å². The average Bonchev–Trinajstić information content (AvgIpc) is 2.30. The van der Waals surface area contributed by atoms with Crippen LogP contribution in [0, 0.1) is 6.92 Å². The second-order valence-electron chi connectivity index (χ2n) is 3.90. The van der Waals surface area contributed by atoms with Crippen LogP contribution < -0.4 is 0 Å². The fraction of sp³-hybridized carbons (Fsp3) is 0.500. The minimum atomic E-state index is 0.789. The predicted molar refractivity (Wildman–Crippen MR) is 69.8 cm³/mol. The van der Waals surface area contributed by atoms with Crippen LogP contribution in [0.5, 0.6) is 0 Å². The molecule has 0 saturated carbocycles. The van der Waals surface area contributed by atoms with E-state index in [0.29, 0.717) is 0 Å². The number of halogens is 1. The second-order valence-corrected chi connectivity index (χ2v) is 4.34. The fourth-order valence-corrected chi connectivity index (χ4v) is 1.69. The Balaban J connectivity index is 2.01. The van der Waals surface area contributed by atoms with Gasteiger partial charge in [0.05, 0.1) is 0 Å². The summed E-state index contributed by atoms with van der Waals surface area (Å²) in [6, 6.07) is 8.10. The number of hydrogen-bond acceptors (Lipinski definition) is 1. The third-order valence-corrected chi connectivity index (χ3v) is 2.71. The SMILES string of the molecule is [CH2]CCOCCCCCc1ccc(Cl)cc1. The van der Waals surface area contributed by atoms with Crippen LogP contribution >= 0.6 is 11.6 Å². The van der Waals surface area contributed by atoms with E-state index >= 15 is 0 Å². The van der Waals surface area contributed by atoms with Gasteiger partial charge in [-0.1, -0.05) is 37.1 Å². The number of ether oxygens (including phenoxy) is 1. The summed E-state index contributed by atoms with van der Waals surface area (Å²) < 4.78 is 5.37. The quantitative estimate of drug-likeness (QED) is 0.615. The largest absolute Gasteiger partial charge is 0.381 e. The van der Waals surface area contributed by atoms with Gasteiger partial charge in [-0.25, -0.2) is 0 Å². The number of unbranched alkanes of at least 4 members (excludes halogenated alkanes) is 2. The van der Waals surface area contributed by atoms with Gasteiger partial charge in [-0.15, -0.1) is 0 Å². The molecule has 1 aromatic rings. The molecule has 0 aliphatic rings. The molecule has 0 amide bonds. The van der Waals surface area contributed by atoms with Crippen LogP contribution in [0.15, 0.2) is 24.3 Å². The van der Waals surface area contributed by atoms with Crippen molar-refractivity contribution in [2.45, 2.75) is 32.1 Å². The van der Waals surface area contributed by atoms with Crippen LogP contribution in [0.2, 0.25) is 5.02 Å². The van der Waals surface area contributed by atoms with Crippen LogP contribution in [0.4, 0.5) is 0 Å². The van der Waals surface area contributed by atoms with Gasteiger partial charge in [-0.2, -0.15) is 0 Å². The minimum Gasteiger partial charge on any atom is -0.381 e. The first-order chi connectivity index (χ1) is 7.83. The Bertz CT molecular complexity index is 269. The monoisotopic (exact) mass is 239 g/mol. The molecule has 0 saturated heterocycles. The molecule has 1 rings (SSSR count). The van der Waals surface area contributed by atoms with Crippen molar-refractivity contribution in [3.8, 4) is 0 Å². The van der Waals surface area contributed by atoms with Crippen molar-refractivity contribution in [2.75, 3.05) is 13.2 Å². The van der Waals surface area contributed by atoms with Gasteiger partial charge in [0, 0.05) is 18.2 Å². The van der Waals surface area contributed by atoms with Crippen molar-refractivity contribution in [2.24, 2.45) is 0 Å². The van der Waals surface area contributed by atoms with Gasteiger partial charge in [0.1, 0.15) is 0 Å². The van der Waals surface area contributed by atoms with Crippen LogP contribution in [0.1, 0.15) is 31.2 Å². The van der Waals surface area contributed by atoms with Gasteiger partial charge in [0.15, 0.2) is 0 Å². The molecule has 0 aliphatic heterocycles. The molecule has 0 heterocycles. The summed E-state index contributed by atoms with van der Waals surface area (Å²) in [5, 5.41) is 0.810. The minimum absolute atomic E-state index is 0.789. The van der Waals surface area contributed by atoms with Gasteiger partial charge >= 0.3 is 0 Å². The Labute approximate surface area is 104 Å². The predicted octanol–water partition coefficient (Wildman–Crippen LogP) is 4.29. The van der Waals surface area contributed by atoms with E-state index in [2.05, 4.69) is 19.1 Å². The topological polar surface area (TPSA) is 9.23 Å². The van der Waals surface area contributed by atoms with E-state index in [1.165, 1.54) is 18.4 Å². The van der Waals surface area contributed by atoms with Gasteiger partial charge in [0.25, 0.3) is 0 Å². The van der Waals surface area contributed by atoms with Crippen molar-refractivity contribution in [3.05, 3.63) is 41.8 Å². The molecule has 89 valence electrons. The highest BCUT2D eigenvalue weighted by molar-refractivity contribution is 6.30. The van der Waals surface area contributed by atoms with E-state index in [4.69, 9.17) is 16.3 Å².